The number of benzene rings is 1. The van der Waals surface area contributed by atoms with E-state index in [4.69, 9.17) is 4.74 Å². The van der Waals surface area contributed by atoms with Crippen molar-refractivity contribution in [1.29, 1.82) is 0 Å². The molecule has 0 unspecified atom stereocenters. The number of carbonyl (C=O) groups excluding carboxylic acids is 1. The Bertz CT molecular complexity index is 1040. The lowest BCUT2D eigenvalue weighted by Crippen LogP contribution is -2.61. The van der Waals surface area contributed by atoms with Gasteiger partial charge in [0.25, 0.3) is 5.91 Å². The molecule has 27 heavy (non-hydrogen) atoms. The topological polar surface area (TPSA) is 68.2 Å². The van der Waals surface area contributed by atoms with Gasteiger partial charge in [0.1, 0.15) is 5.60 Å². The van der Waals surface area contributed by atoms with Gasteiger partial charge in [-0.25, -0.2) is 14.4 Å². The number of aromatic nitrogens is 3. The van der Waals surface area contributed by atoms with E-state index in [-0.39, 0.29) is 11.5 Å². The Balaban J connectivity index is 1.38. The number of rotatable bonds is 2. The van der Waals surface area contributed by atoms with Crippen LogP contribution < -0.4 is 0 Å². The first-order valence-corrected chi connectivity index (χ1v) is 8.61. The van der Waals surface area contributed by atoms with E-state index in [0.717, 1.165) is 23.0 Å². The summed E-state index contributed by atoms with van der Waals surface area (Å²) in [5, 5.41) is 0. The average Bonchev–Trinajstić information content (AvgIpc) is 3.06. The first-order chi connectivity index (χ1) is 13.2. The maximum atomic E-state index is 13.8. The number of hydrogen-bond acceptors (Lipinski definition) is 5. The van der Waals surface area contributed by atoms with Gasteiger partial charge in [-0.15, -0.1) is 0 Å². The molecule has 0 radical (unpaired) electrons. The summed E-state index contributed by atoms with van der Waals surface area (Å²) < 4.78 is 19.8. The lowest BCUT2D eigenvalue weighted by Gasteiger charge is -2.47. The van der Waals surface area contributed by atoms with Crippen LogP contribution >= 0.6 is 0 Å². The first-order valence-electron chi connectivity index (χ1n) is 8.61. The van der Waals surface area contributed by atoms with Gasteiger partial charge in [-0.3, -0.25) is 9.78 Å². The van der Waals surface area contributed by atoms with Gasteiger partial charge in [0.2, 0.25) is 0 Å². The Morgan fingerprint density at radius 3 is 2.74 bits per heavy atom. The van der Waals surface area contributed by atoms with Gasteiger partial charge in [0, 0.05) is 23.5 Å². The molecule has 0 aliphatic carbocycles. The Labute approximate surface area is 154 Å². The van der Waals surface area contributed by atoms with Crippen LogP contribution in [-0.2, 0) is 16.9 Å². The monoisotopic (exact) mass is 362 g/mol. The third-order valence-corrected chi connectivity index (χ3v) is 5.06. The van der Waals surface area contributed by atoms with Crippen LogP contribution in [-0.4, -0.2) is 38.8 Å². The van der Waals surface area contributed by atoms with Crippen molar-refractivity contribution in [2.45, 2.75) is 12.2 Å². The lowest BCUT2D eigenvalue weighted by molar-refractivity contribution is -0.126. The molecule has 1 amide bonds. The van der Waals surface area contributed by atoms with Crippen molar-refractivity contribution < 1.29 is 13.9 Å². The van der Waals surface area contributed by atoms with E-state index in [0.29, 0.717) is 25.5 Å². The normalized spacial score (nSPS) is 16.9. The van der Waals surface area contributed by atoms with Crippen LogP contribution in [0.3, 0.4) is 0 Å². The maximum Gasteiger partial charge on any atom is 0.257 e. The molecule has 2 aromatic heterocycles. The van der Waals surface area contributed by atoms with Crippen molar-refractivity contribution >= 4 is 5.91 Å². The zero-order valence-electron chi connectivity index (χ0n) is 14.3. The van der Waals surface area contributed by atoms with Crippen LogP contribution in [0.4, 0.5) is 4.39 Å². The second-order valence-electron chi connectivity index (χ2n) is 6.72. The predicted molar refractivity (Wildman–Crippen MR) is 94.0 cm³/mol. The van der Waals surface area contributed by atoms with Crippen molar-refractivity contribution in [2.24, 2.45) is 0 Å². The van der Waals surface area contributed by atoms with Crippen LogP contribution in [0.2, 0.25) is 0 Å². The highest BCUT2D eigenvalue weighted by Gasteiger charge is 2.52. The molecule has 0 atom stereocenters. The van der Waals surface area contributed by atoms with Gasteiger partial charge in [-0.2, -0.15) is 0 Å². The fourth-order valence-corrected chi connectivity index (χ4v) is 3.61. The van der Waals surface area contributed by atoms with E-state index in [9.17, 15) is 9.18 Å². The third kappa shape index (κ3) is 2.50. The molecule has 1 spiro atoms. The molecule has 5 rings (SSSR count). The van der Waals surface area contributed by atoms with Gasteiger partial charge in [-0.1, -0.05) is 30.3 Å². The van der Waals surface area contributed by atoms with Crippen LogP contribution in [0.1, 0.15) is 21.6 Å². The number of likely N-dealkylation sites (tertiary alicyclic amines) is 1. The number of fused-ring (bicyclic) bond motifs is 2. The van der Waals surface area contributed by atoms with Crippen molar-refractivity contribution in [3.05, 3.63) is 77.6 Å². The molecule has 2 aliphatic heterocycles. The quantitative estimate of drug-likeness (QED) is 0.701. The molecule has 0 N–H and O–H groups in total. The van der Waals surface area contributed by atoms with Crippen LogP contribution in [0.15, 0.2) is 55.0 Å². The van der Waals surface area contributed by atoms with E-state index in [2.05, 4.69) is 15.0 Å². The summed E-state index contributed by atoms with van der Waals surface area (Å²) in [6.45, 7) is 1.09. The van der Waals surface area contributed by atoms with Gasteiger partial charge in [0.15, 0.2) is 11.6 Å². The van der Waals surface area contributed by atoms with Crippen LogP contribution in [0.25, 0.3) is 11.4 Å². The number of hydrogen-bond donors (Lipinski definition) is 0. The molecule has 7 heteroatoms. The molecule has 1 fully saturated rings. The molecule has 4 heterocycles. The Hall–Kier alpha value is -3.19. The number of nitrogens with zero attached hydrogens (tertiary/aromatic N) is 4. The summed E-state index contributed by atoms with van der Waals surface area (Å²) in [4.78, 5) is 26.9. The number of carbonyl (C=O) groups is 1. The van der Waals surface area contributed by atoms with Gasteiger partial charge in [-0.05, 0) is 6.07 Å². The van der Waals surface area contributed by atoms with Crippen molar-refractivity contribution in [2.75, 3.05) is 13.1 Å². The van der Waals surface area contributed by atoms with E-state index in [1.54, 1.807) is 11.1 Å². The lowest BCUT2D eigenvalue weighted by atomic mass is 9.87. The standard InChI is InChI=1S/C20H15FN4O2/c21-16-9-22-7-6-14(16)19(26)25-11-20(12-25)15-8-23-18(24-17(15)10-27-20)13-4-2-1-3-5-13/h1-9H,10-12H2. The average molecular weight is 362 g/mol. The second-order valence-corrected chi connectivity index (χ2v) is 6.72. The molecule has 6 nitrogen and oxygen atoms in total. The highest BCUT2D eigenvalue weighted by atomic mass is 19.1. The molecule has 1 saturated heterocycles. The largest absolute Gasteiger partial charge is 0.360 e. The molecule has 0 saturated carbocycles. The van der Waals surface area contributed by atoms with E-state index < -0.39 is 11.4 Å². The maximum absolute atomic E-state index is 13.8. The van der Waals surface area contributed by atoms with Gasteiger partial charge in [0.05, 0.1) is 37.2 Å². The SMILES string of the molecule is O=C(c1ccncc1F)N1CC2(C1)OCc1nc(-c3ccccc3)ncc12. The van der Waals surface area contributed by atoms with Crippen LogP contribution in [0, 0.1) is 5.82 Å². The predicted octanol–water partition coefficient (Wildman–Crippen LogP) is 2.56. The van der Waals surface area contributed by atoms with Crippen LogP contribution in [0.5, 0.6) is 0 Å². The van der Waals surface area contributed by atoms with Crippen molar-refractivity contribution in [3.63, 3.8) is 0 Å². The molecular formula is C20H15FN4O2. The summed E-state index contributed by atoms with van der Waals surface area (Å²) in [5.41, 5.74) is 2.12. The smallest absolute Gasteiger partial charge is 0.257 e. The minimum absolute atomic E-state index is 0.0220. The first kappa shape index (κ1) is 16.0. The minimum Gasteiger partial charge on any atom is -0.360 e. The zero-order chi connectivity index (χ0) is 18.4. The van der Waals surface area contributed by atoms with E-state index in [1.807, 2.05) is 30.3 Å². The summed E-state index contributed by atoms with van der Waals surface area (Å²) >= 11 is 0. The molecule has 3 aromatic rings. The number of ether oxygens (including phenoxy) is 1. The highest BCUT2D eigenvalue weighted by molar-refractivity contribution is 5.95. The Morgan fingerprint density at radius 2 is 1.96 bits per heavy atom. The zero-order valence-corrected chi connectivity index (χ0v) is 14.3. The Kier molecular flexibility index (Phi) is 3.51. The van der Waals surface area contributed by atoms with Crippen molar-refractivity contribution in [3.8, 4) is 11.4 Å². The van der Waals surface area contributed by atoms with E-state index >= 15 is 0 Å². The molecule has 134 valence electrons. The van der Waals surface area contributed by atoms with Crippen molar-refractivity contribution in [1.82, 2.24) is 19.9 Å². The van der Waals surface area contributed by atoms with E-state index in [1.165, 1.54) is 12.3 Å². The third-order valence-electron chi connectivity index (χ3n) is 5.06. The number of halogens is 1. The molecule has 0 bridgehead atoms. The van der Waals surface area contributed by atoms with Gasteiger partial charge >= 0.3 is 0 Å². The molecular weight excluding hydrogens is 347 g/mol. The summed E-state index contributed by atoms with van der Waals surface area (Å²) in [7, 11) is 0. The fraction of sp³-hybridized carbons (Fsp3) is 0.200. The molecule has 1 aromatic carbocycles. The summed E-state index contributed by atoms with van der Waals surface area (Å²) in [6.07, 6.45) is 4.24. The summed E-state index contributed by atoms with van der Waals surface area (Å²) in [6, 6.07) is 11.1. The number of amides is 1. The minimum atomic E-state index is -0.618. The second kappa shape index (κ2) is 5.92. The number of pyridine rings is 1. The summed E-state index contributed by atoms with van der Waals surface area (Å²) in [5.74, 6) is -0.326. The highest BCUT2D eigenvalue weighted by Crippen LogP contribution is 2.43. The fourth-order valence-electron chi connectivity index (χ4n) is 3.61. The Morgan fingerprint density at radius 1 is 1.15 bits per heavy atom. The molecule has 2 aliphatic rings. The van der Waals surface area contributed by atoms with Gasteiger partial charge < -0.3 is 9.64 Å².